The molecule has 0 radical (unpaired) electrons. The number of alkyl halides is 1. The van der Waals surface area contributed by atoms with Crippen LogP contribution in [0.2, 0.25) is 5.02 Å². The van der Waals surface area contributed by atoms with Crippen LogP contribution in [0.4, 0.5) is 8.78 Å². The van der Waals surface area contributed by atoms with E-state index in [0.29, 0.717) is 10.9 Å². The van der Waals surface area contributed by atoms with E-state index < -0.39 is 43.2 Å². The average Bonchev–Trinajstić information content (AvgIpc) is 3.50. The van der Waals surface area contributed by atoms with Crippen molar-refractivity contribution >= 4 is 53.0 Å². The van der Waals surface area contributed by atoms with Crippen LogP contribution in [0.25, 0.3) is 10.9 Å². The highest BCUT2D eigenvalue weighted by Gasteiger charge is 2.39. The van der Waals surface area contributed by atoms with E-state index in [1.54, 1.807) is 26.0 Å². The fourth-order valence-corrected chi connectivity index (χ4v) is 6.86. The predicted molar refractivity (Wildman–Crippen MR) is 151 cm³/mol. The molecular formula is C28H31ClF2N3O6P. The lowest BCUT2D eigenvalue weighted by Crippen LogP contribution is -2.42. The third-order valence-corrected chi connectivity index (χ3v) is 9.36. The van der Waals surface area contributed by atoms with E-state index in [9.17, 15) is 27.7 Å². The van der Waals surface area contributed by atoms with Crippen LogP contribution in [0.15, 0.2) is 42.6 Å². The summed E-state index contributed by atoms with van der Waals surface area (Å²) in [5, 5.41) is 0.574. The second kappa shape index (κ2) is 12.8. The molecule has 2 aromatic carbocycles. The number of likely N-dealkylation sites (tertiary alicyclic amines) is 1. The van der Waals surface area contributed by atoms with Crippen LogP contribution in [0, 0.1) is 5.82 Å². The van der Waals surface area contributed by atoms with Gasteiger partial charge in [0.05, 0.1) is 47.2 Å². The Kier molecular flexibility index (Phi) is 9.64. The minimum Gasteiger partial charge on any atom is -0.366 e. The van der Waals surface area contributed by atoms with Gasteiger partial charge in [0.1, 0.15) is 18.5 Å². The first kappa shape index (κ1) is 30.8. The highest BCUT2D eigenvalue weighted by molar-refractivity contribution is 7.62. The normalized spacial score (nSPS) is 17.3. The standard InChI is InChI=1S/C28H31ClF2N3O6P/c1-3-39-41(38,40-4-2)19-9-10-20-21(28(32)37)15-33(23(20)13-19)16-26(36)34-14-18(30)12-24(34)25(35)11-8-17-6-5-7-22(29)27(17)31/h5-7,9-10,13,15,18,24H,3-4,8,11-12,14,16H2,1-2H3,(H2,32,37)/t18-,24+/m1/s1. The summed E-state index contributed by atoms with van der Waals surface area (Å²) in [6.45, 7) is 2.97. The van der Waals surface area contributed by atoms with Gasteiger partial charge >= 0.3 is 7.60 Å². The van der Waals surface area contributed by atoms with E-state index in [2.05, 4.69) is 0 Å². The molecule has 2 amide bonds. The lowest BCUT2D eigenvalue weighted by atomic mass is 10.0. The second-order valence-electron chi connectivity index (χ2n) is 9.64. The molecule has 1 aromatic heterocycles. The van der Waals surface area contributed by atoms with Crippen molar-refractivity contribution in [1.29, 1.82) is 0 Å². The molecule has 0 spiro atoms. The van der Waals surface area contributed by atoms with Gasteiger partial charge in [0, 0.05) is 24.4 Å². The number of hydrogen-bond donors (Lipinski definition) is 1. The molecule has 0 unspecified atom stereocenters. The maximum Gasteiger partial charge on any atom is 0.361 e. The number of nitrogens with two attached hydrogens (primary N) is 1. The number of rotatable bonds is 12. The lowest BCUT2D eigenvalue weighted by molar-refractivity contribution is -0.138. The van der Waals surface area contributed by atoms with Crippen molar-refractivity contribution in [3.63, 3.8) is 0 Å². The maximum atomic E-state index is 14.5. The van der Waals surface area contributed by atoms with Crippen LogP contribution >= 0.6 is 19.2 Å². The number of carbonyl (C=O) groups excluding carboxylic acids is 3. The average molecular weight is 610 g/mol. The van der Waals surface area contributed by atoms with Crippen molar-refractivity contribution in [2.45, 2.75) is 51.9 Å². The highest BCUT2D eigenvalue weighted by Crippen LogP contribution is 2.47. The monoisotopic (exact) mass is 609 g/mol. The smallest absolute Gasteiger partial charge is 0.361 e. The van der Waals surface area contributed by atoms with E-state index >= 15 is 0 Å². The molecule has 0 aliphatic carbocycles. The number of benzene rings is 2. The van der Waals surface area contributed by atoms with E-state index in [4.69, 9.17) is 26.4 Å². The number of aryl methyl sites for hydroxylation is 1. The van der Waals surface area contributed by atoms with Gasteiger partial charge in [0.2, 0.25) is 5.91 Å². The molecule has 220 valence electrons. The Morgan fingerprint density at radius 1 is 1.15 bits per heavy atom. The molecule has 4 rings (SSSR count). The van der Waals surface area contributed by atoms with E-state index in [-0.39, 0.29) is 67.0 Å². The fourth-order valence-electron chi connectivity index (χ4n) is 5.07. The molecule has 13 heteroatoms. The molecule has 41 heavy (non-hydrogen) atoms. The van der Waals surface area contributed by atoms with Gasteiger partial charge in [-0.2, -0.15) is 0 Å². The summed E-state index contributed by atoms with van der Waals surface area (Å²) in [5.74, 6) is -2.32. The Hall–Kier alpha value is -3.11. The number of ketones is 1. The Morgan fingerprint density at radius 3 is 2.51 bits per heavy atom. The van der Waals surface area contributed by atoms with Gasteiger partial charge in [-0.3, -0.25) is 18.9 Å². The molecule has 2 heterocycles. The van der Waals surface area contributed by atoms with Crippen molar-refractivity contribution < 1.29 is 36.8 Å². The quantitative estimate of drug-likeness (QED) is 0.301. The zero-order valence-corrected chi connectivity index (χ0v) is 24.3. The summed E-state index contributed by atoms with van der Waals surface area (Å²) < 4.78 is 54.5. The molecule has 1 saturated heterocycles. The van der Waals surface area contributed by atoms with Crippen molar-refractivity contribution in [2.75, 3.05) is 19.8 Å². The van der Waals surface area contributed by atoms with Crippen molar-refractivity contribution in [2.24, 2.45) is 5.73 Å². The van der Waals surface area contributed by atoms with Crippen LogP contribution in [-0.2, 0) is 36.2 Å². The van der Waals surface area contributed by atoms with Crippen LogP contribution in [0.1, 0.15) is 42.6 Å². The van der Waals surface area contributed by atoms with Gasteiger partial charge in [-0.05, 0) is 44.0 Å². The van der Waals surface area contributed by atoms with E-state index in [0.717, 1.165) is 0 Å². The van der Waals surface area contributed by atoms with Crippen molar-refractivity contribution in [3.05, 3.63) is 64.6 Å². The van der Waals surface area contributed by atoms with Crippen LogP contribution in [0.5, 0.6) is 0 Å². The lowest BCUT2D eigenvalue weighted by Gasteiger charge is -2.24. The summed E-state index contributed by atoms with van der Waals surface area (Å²) in [6.07, 6.45) is -0.244. The predicted octanol–water partition coefficient (Wildman–Crippen LogP) is 4.57. The van der Waals surface area contributed by atoms with Crippen LogP contribution in [-0.4, -0.2) is 59.0 Å². The zero-order valence-electron chi connectivity index (χ0n) is 22.6. The summed E-state index contributed by atoms with van der Waals surface area (Å²) in [7, 11) is -3.69. The van der Waals surface area contributed by atoms with Crippen LogP contribution < -0.4 is 11.0 Å². The molecule has 0 bridgehead atoms. The van der Waals surface area contributed by atoms with Gasteiger partial charge in [-0.1, -0.05) is 29.8 Å². The summed E-state index contributed by atoms with van der Waals surface area (Å²) >= 11 is 5.82. The van der Waals surface area contributed by atoms with Gasteiger partial charge in [0.15, 0.2) is 5.78 Å². The SMILES string of the molecule is CCOP(=O)(OCC)c1ccc2c(C(N)=O)cn(CC(=O)N3C[C@H](F)C[C@H]3C(=O)CCc3cccc(Cl)c3F)c2c1. The number of Topliss-reactive ketones (excluding diaryl/α,β-unsaturated/α-hetero) is 1. The molecular weight excluding hydrogens is 579 g/mol. The molecule has 1 aliphatic heterocycles. The van der Waals surface area contributed by atoms with Gasteiger partial charge < -0.3 is 24.2 Å². The fraction of sp³-hybridized carbons (Fsp3) is 0.393. The van der Waals surface area contributed by atoms with E-state index in [1.807, 2.05) is 0 Å². The highest BCUT2D eigenvalue weighted by atomic mass is 35.5. The number of hydrogen-bond acceptors (Lipinski definition) is 6. The van der Waals surface area contributed by atoms with Gasteiger partial charge in [-0.25, -0.2) is 8.78 Å². The van der Waals surface area contributed by atoms with Crippen LogP contribution in [0.3, 0.4) is 0 Å². The summed E-state index contributed by atoms with van der Waals surface area (Å²) in [5.41, 5.74) is 6.31. The number of nitrogens with zero attached hydrogens (tertiary/aromatic N) is 2. The third-order valence-electron chi connectivity index (χ3n) is 6.97. The summed E-state index contributed by atoms with van der Waals surface area (Å²) in [6, 6.07) is 8.03. The molecule has 1 aliphatic rings. The number of carbonyl (C=O) groups is 3. The third kappa shape index (κ3) is 6.54. The second-order valence-corrected chi connectivity index (χ2v) is 12.1. The number of amides is 2. The Morgan fingerprint density at radius 2 is 1.85 bits per heavy atom. The Labute approximate surface area is 241 Å². The first-order valence-corrected chi connectivity index (χ1v) is 15.1. The number of aromatic nitrogens is 1. The first-order valence-electron chi connectivity index (χ1n) is 13.2. The molecule has 9 nitrogen and oxygen atoms in total. The van der Waals surface area contributed by atoms with E-state index in [1.165, 1.54) is 39.9 Å². The summed E-state index contributed by atoms with van der Waals surface area (Å²) in [4.78, 5) is 39.8. The van der Waals surface area contributed by atoms with Crippen molar-refractivity contribution in [3.8, 4) is 0 Å². The van der Waals surface area contributed by atoms with Crippen molar-refractivity contribution in [1.82, 2.24) is 9.47 Å². The maximum absolute atomic E-state index is 14.5. The number of primary amides is 1. The van der Waals surface area contributed by atoms with Gasteiger partial charge in [-0.15, -0.1) is 0 Å². The Balaban J connectivity index is 1.60. The first-order chi connectivity index (χ1) is 19.5. The minimum atomic E-state index is -3.69. The molecule has 2 N–H and O–H groups in total. The molecule has 3 aromatic rings. The molecule has 2 atom stereocenters. The minimum absolute atomic E-state index is 0.0490. The topological polar surface area (TPSA) is 121 Å². The zero-order chi connectivity index (χ0) is 29.9. The Bertz CT molecular complexity index is 1520. The molecule has 0 saturated carbocycles. The number of halogens is 3. The van der Waals surface area contributed by atoms with Gasteiger partial charge in [0.25, 0.3) is 5.91 Å². The molecule has 1 fully saturated rings. The largest absolute Gasteiger partial charge is 0.366 e. The number of fused-ring (bicyclic) bond motifs is 1.